The lowest BCUT2D eigenvalue weighted by atomic mass is 10.1. The molecule has 0 spiro atoms. The van der Waals surface area contributed by atoms with Crippen LogP contribution in [0.2, 0.25) is 0 Å². The molecule has 0 aliphatic carbocycles. The zero-order valence-electron chi connectivity index (χ0n) is 12.6. The van der Waals surface area contributed by atoms with Gasteiger partial charge in [-0.25, -0.2) is 0 Å². The zero-order chi connectivity index (χ0) is 15.2. The van der Waals surface area contributed by atoms with Crippen LogP contribution in [0.25, 0.3) is 0 Å². The summed E-state index contributed by atoms with van der Waals surface area (Å²) in [4.78, 5) is 13.8. The summed E-state index contributed by atoms with van der Waals surface area (Å²) >= 11 is 0. The van der Waals surface area contributed by atoms with Gasteiger partial charge in [-0.05, 0) is 30.9 Å². The average Bonchev–Trinajstić information content (AvgIpc) is 2.48. The van der Waals surface area contributed by atoms with Crippen molar-refractivity contribution in [3.05, 3.63) is 35.4 Å². The first kappa shape index (κ1) is 15.9. The quantitative estimate of drug-likeness (QED) is 0.742. The molecule has 116 valence electrons. The molecule has 1 fully saturated rings. The summed E-state index contributed by atoms with van der Waals surface area (Å²) in [7, 11) is 0. The number of likely N-dealkylation sites (tertiary alicyclic amines) is 1. The van der Waals surface area contributed by atoms with Gasteiger partial charge in [-0.15, -0.1) is 0 Å². The number of aliphatic hydroxyl groups is 1. The van der Waals surface area contributed by atoms with Gasteiger partial charge in [-0.2, -0.15) is 0 Å². The van der Waals surface area contributed by atoms with E-state index in [0.717, 1.165) is 38.0 Å². The van der Waals surface area contributed by atoms with Gasteiger partial charge in [0.15, 0.2) is 0 Å². The van der Waals surface area contributed by atoms with Gasteiger partial charge >= 0.3 is 0 Å². The second kappa shape index (κ2) is 7.54. The number of amides is 1. The third-order valence-corrected chi connectivity index (χ3v) is 3.87. The van der Waals surface area contributed by atoms with Crippen molar-refractivity contribution in [3.63, 3.8) is 0 Å². The Morgan fingerprint density at radius 3 is 2.48 bits per heavy atom. The highest BCUT2D eigenvalue weighted by Crippen LogP contribution is 2.14. The summed E-state index contributed by atoms with van der Waals surface area (Å²) in [5.74, 6) is -0.133. The van der Waals surface area contributed by atoms with Crippen molar-refractivity contribution in [3.8, 4) is 0 Å². The first-order valence-corrected chi connectivity index (χ1v) is 7.56. The van der Waals surface area contributed by atoms with Gasteiger partial charge in [-0.1, -0.05) is 24.3 Å². The van der Waals surface area contributed by atoms with Crippen molar-refractivity contribution in [2.45, 2.75) is 45.0 Å². The van der Waals surface area contributed by atoms with E-state index < -0.39 is 6.04 Å². The molecule has 1 aliphatic rings. The third-order valence-electron chi connectivity index (χ3n) is 3.87. The lowest BCUT2D eigenvalue weighted by molar-refractivity contribution is -0.122. The second-order valence-electron chi connectivity index (χ2n) is 5.83. The molecule has 0 saturated carbocycles. The Morgan fingerprint density at radius 2 is 1.90 bits per heavy atom. The maximum Gasteiger partial charge on any atom is 0.236 e. The minimum atomic E-state index is -0.473. The maximum atomic E-state index is 11.4. The van der Waals surface area contributed by atoms with E-state index in [1.54, 1.807) is 6.92 Å². The van der Waals surface area contributed by atoms with Crippen molar-refractivity contribution in [1.29, 1.82) is 0 Å². The topological polar surface area (TPSA) is 78.6 Å². The van der Waals surface area contributed by atoms with Gasteiger partial charge in [-0.3, -0.25) is 9.69 Å². The first-order chi connectivity index (χ1) is 10.0. The molecule has 1 aromatic carbocycles. The number of nitrogens with zero attached hydrogens (tertiary/aromatic N) is 1. The third kappa shape index (κ3) is 5.12. The molecule has 5 nitrogen and oxygen atoms in total. The molecule has 0 bridgehead atoms. The molecule has 1 saturated heterocycles. The molecular formula is C16H25N3O2. The molecule has 0 aromatic heterocycles. The van der Waals surface area contributed by atoms with E-state index in [1.807, 2.05) is 12.1 Å². The summed E-state index contributed by atoms with van der Waals surface area (Å²) in [6.45, 7) is 5.00. The second-order valence-corrected chi connectivity index (χ2v) is 5.83. The molecule has 5 heteroatoms. The Hall–Kier alpha value is -1.43. The number of nitrogens with one attached hydrogen (secondary N) is 1. The molecule has 1 heterocycles. The molecule has 21 heavy (non-hydrogen) atoms. The maximum absolute atomic E-state index is 11.4. The number of rotatable bonds is 5. The van der Waals surface area contributed by atoms with Crippen LogP contribution >= 0.6 is 0 Å². The van der Waals surface area contributed by atoms with Crippen molar-refractivity contribution < 1.29 is 9.90 Å². The fourth-order valence-electron chi connectivity index (χ4n) is 2.45. The fraction of sp³-hybridized carbons (Fsp3) is 0.562. The van der Waals surface area contributed by atoms with Crippen LogP contribution in [0.3, 0.4) is 0 Å². The largest absolute Gasteiger partial charge is 0.393 e. The highest BCUT2D eigenvalue weighted by Gasteiger charge is 2.16. The van der Waals surface area contributed by atoms with Crippen LogP contribution in [0.1, 0.15) is 30.9 Å². The first-order valence-electron chi connectivity index (χ1n) is 7.56. The van der Waals surface area contributed by atoms with Crippen molar-refractivity contribution in [2.24, 2.45) is 5.73 Å². The standard InChI is InChI=1S/C16H25N3O2/c1-12(17)16(21)18-10-13-2-4-14(5-3-13)11-19-8-6-15(20)7-9-19/h2-5,12,15,20H,6-11,17H2,1H3,(H,18,21). The van der Waals surface area contributed by atoms with Crippen LogP contribution in [0.5, 0.6) is 0 Å². The fourth-order valence-corrected chi connectivity index (χ4v) is 2.45. The Morgan fingerprint density at radius 1 is 1.33 bits per heavy atom. The number of hydrogen-bond donors (Lipinski definition) is 3. The van der Waals surface area contributed by atoms with Crippen molar-refractivity contribution in [1.82, 2.24) is 10.2 Å². The van der Waals surface area contributed by atoms with Crippen LogP contribution in [0.4, 0.5) is 0 Å². The molecule has 2 rings (SSSR count). The predicted octanol–water partition coefficient (Wildman–Crippen LogP) is 0.607. The van der Waals surface area contributed by atoms with E-state index >= 15 is 0 Å². The molecule has 1 unspecified atom stereocenters. The summed E-state index contributed by atoms with van der Waals surface area (Å²) < 4.78 is 0. The average molecular weight is 291 g/mol. The highest BCUT2D eigenvalue weighted by atomic mass is 16.3. The Balaban J connectivity index is 1.80. The van der Waals surface area contributed by atoms with Crippen LogP contribution < -0.4 is 11.1 Å². The van der Waals surface area contributed by atoms with Gasteiger partial charge in [0.05, 0.1) is 12.1 Å². The van der Waals surface area contributed by atoms with Crippen molar-refractivity contribution >= 4 is 5.91 Å². The van der Waals surface area contributed by atoms with Crippen molar-refractivity contribution in [2.75, 3.05) is 13.1 Å². The number of benzene rings is 1. The summed E-state index contributed by atoms with van der Waals surface area (Å²) in [5, 5.41) is 12.3. The van der Waals surface area contributed by atoms with Crippen LogP contribution in [0.15, 0.2) is 24.3 Å². The molecule has 1 aliphatic heterocycles. The van der Waals surface area contributed by atoms with Gasteiger partial charge in [0.2, 0.25) is 5.91 Å². The monoisotopic (exact) mass is 291 g/mol. The lowest BCUT2D eigenvalue weighted by Gasteiger charge is -2.29. The van der Waals surface area contributed by atoms with Crippen LogP contribution in [-0.2, 0) is 17.9 Å². The van der Waals surface area contributed by atoms with E-state index in [1.165, 1.54) is 5.56 Å². The number of carbonyl (C=O) groups excluding carboxylic acids is 1. The molecular weight excluding hydrogens is 266 g/mol. The molecule has 1 atom stereocenters. The van der Waals surface area contributed by atoms with Gasteiger partial charge in [0.25, 0.3) is 0 Å². The van der Waals surface area contributed by atoms with E-state index in [2.05, 4.69) is 22.3 Å². The number of piperidine rings is 1. The van der Waals surface area contributed by atoms with Gasteiger partial charge < -0.3 is 16.2 Å². The number of aliphatic hydroxyl groups excluding tert-OH is 1. The normalized spacial score (nSPS) is 18.4. The highest BCUT2D eigenvalue weighted by molar-refractivity contribution is 5.80. The lowest BCUT2D eigenvalue weighted by Crippen LogP contribution is -2.37. The number of nitrogens with two attached hydrogens (primary N) is 1. The van der Waals surface area contributed by atoms with E-state index in [4.69, 9.17) is 5.73 Å². The number of hydrogen-bond acceptors (Lipinski definition) is 4. The predicted molar refractivity (Wildman–Crippen MR) is 82.5 cm³/mol. The molecule has 1 amide bonds. The SMILES string of the molecule is CC(N)C(=O)NCc1ccc(CN2CCC(O)CC2)cc1. The zero-order valence-corrected chi connectivity index (χ0v) is 12.6. The summed E-state index contributed by atoms with van der Waals surface area (Å²) in [6.07, 6.45) is 1.60. The summed E-state index contributed by atoms with van der Waals surface area (Å²) in [5.41, 5.74) is 7.83. The van der Waals surface area contributed by atoms with E-state index in [-0.39, 0.29) is 12.0 Å². The smallest absolute Gasteiger partial charge is 0.236 e. The summed E-state index contributed by atoms with van der Waals surface area (Å²) in [6, 6.07) is 7.79. The minimum Gasteiger partial charge on any atom is -0.393 e. The molecule has 0 radical (unpaired) electrons. The van der Waals surface area contributed by atoms with Crippen LogP contribution in [-0.4, -0.2) is 41.1 Å². The van der Waals surface area contributed by atoms with E-state index in [9.17, 15) is 9.90 Å². The Kier molecular flexibility index (Phi) is 5.73. The van der Waals surface area contributed by atoms with Gasteiger partial charge in [0.1, 0.15) is 0 Å². The van der Waals surface area contributed by atoms with Gasteiger partial charge in [0, 0.05) is 26.2 Å². The Labute approximate surface area is 126 Å². The van der Waals surface area contributed by atoms with Crippen LogP contribution in [0, 0.1) is 0 Å². The minimum absolute atomic E-state index is 0.128. The molecule has 4 N–H and O–H groups in total. The number of carbonyl (C=O) groups is 1. The molecule has 1 aromatic rings. The van der Waals surface area contributed by atoms with E-state index in [0.29, 0.717) is 6.54 Å². The Bertz CT molecular complexity index is 451.